The normalized spacial score (nSPS) is 25.4. The van der Waals surface area contributed by atoms with Gasteiger partial charge in [0.15, 0.2) is 0 Å². The molecule has 1 aliphatic heterocycles. The van der Waals surface area contributed by atoms with Crippen LogP contribution < -0.4 is 0 Å². The lowest BCUT2D eigenvalue weighted by Crippen LogP contribution is -2.31. The van der Waals surface area contributed by atoms with Crippen LogP contribution in [0, 0.1) is 5.92 Å². The van der Waals surface area contributed by atoms with Gasteiger partial charge in [-0.1, -0.05) is 107 Å². The third-order valence-corrected chi connectivity index (χ3v) is 8.16. The van der Waals surface area contributed by atoms with E-state index in [-0.39, 0.29) is 12.2 Å². The lowest BCUT2D eigenvalue weighted by atomic mass is 9.77. The molecule has 0 amide bonds. The molecule has 2 atom stereocenters. The molecule has 0 spiro atoms. The van der Waals surface area contributed by atoms with Crippen molar-refractivity contribution in [3.05, 3.63) is 59.7 Å². The molecule has 2 heteroatoms. The molecule has 1 saturated heterocycles. The van der Waals surface area contributed by atoms with Crippen LogP contribution >= 0.6 is 0 Å². The first-order valence-electron chi connectivity index (χ1n) is 14.2. The smallest absolute Gasteiger partial charge is 0.106 e. The minimum atomic E-state index is 0.0657. The quantitative estimate of drug-likeness (QED) is 0.310. The number of benzene rings is 2. The molecule has 1 saturated carbocycles. The minimum Gasteiger partial charge on any atom is -0.373 e. The molecular formula is C32H46O2. The van der Waals surface area contributed by atoms with Crippen LogP contribution in [0.4, 0.5) is 0 Å². The summed E-state index contributed by atoms with van der Waals surface area (Å²) in [5, 5.41) is 0. The summed E-state index contributed by atoms with van der Waals surface area (Å²) in [7, 11) is 0. The third kappa shape index (κ3) is 7.18. The Morgan fingerprint density at radius 2 is 1.21 bits per heavy atom. The molecule has 0 aromatic heterocycles. The van der Waals surface area contributed by atoms with Gasteiger partial charge in [-0.25, -0.2) is 0 Å². The summed E-state index contributed by atoms with van der Waals surface area (Å²) < 4.78 is 12.2. The molecule has 0 bridgehead atoms. The van der Waals surface area contributed by atoms with Crippen molar-refractivity contribution in [2.45, 2.75) is 109 Å². The molecule has 0 N–H and O–H groups in total. The Morgan fingerprint density at radius 3 is 1.76 bits per heavy atom. The van der Waals surface area contributed by atoms with E-state index in [2.05, 4.69) is 62.4 Å². The summed E-state index contributed by atoms with van der Waals surface area (Å²) in [5.74, 6) is 1.74. The standard InChI is InChI=1S/C32H46O2/c1-3-5-7-9-25-11-13-26(14-12-25)27-15-17-28(18-16-27)29-19-21-30(22-20-29)32-24-33-31(23-34-32)10-8-6-4-2/h15-22,25-26,31-32H,3-14,23-24H2,1-2H3/t25?,26?,31-,32-/m1/s1. The van der Waals surface area contributed by atoms with Crippen LogP contribution in [-0.4, -0.2) is 19.3 Å². The van der Waals surface area contributed by atoms with Crippen molar-refractivity contribution < 1.29 is 9.47 Å². The summed E-state index contributed by atoms with van der Waals surface area (Å²) in [6.07, 6.45) is 16.4. The van der Waals surface area contributed by atoms with Gasteiger partial charge < -0.3 is 9.47 Å². The van der Waals surface area contributed by atoms with E-state index in [1.54, 1.807) is 0 Å². The van der Waals surface area contributed by atoms with E-state index in [4.69, 9.17) is 9.47 Å². The Balaban J connectivity index is 1.25. The summed E-state index contributed by atoms with van der Waals surface area (Å²) in [5.41, 5.74) is 5.35. The molecule has 2 aromatic rings. The highest BCUT2D eigenvalue weighted by atomic mass is 16.6. The second kappa shape index (κ2) is 13.4. The second-order valence-corrected chi connectivity index (χ2v) is 10.7. The summed E-state index contributed by atoms with van der Waals surface area (Å²) in [6, 6.07) is 18.3. The van der Waals surface area contributed by atoms with Crippen molar-refractivity contribution in [2.75, 3.05) is 13.2 Å². The van der Waals surface area contributed by atoms with Gasteiger partial charge in [-0.05, 0) is 66.2 Å². The molecule has 2 aliphatic rings. The lowest BCUT2D eigenvalue weighted by molar-refractivity contribution is -0.137. The number of unbranched alkanes of at least 4 members (excludes halogenated alkanes) is 4. The third-order valence-electron chi connectivity index (χ3n) is 8.16. The highest BCUT2D eigenvalue weighted by Gasteiger charge is 2.24. The fraction of sp³-hybridized carbons (Fsp3) is 0.625. The molecular weight excluding hydrogens is 416 g/mol. The van der Waals surface area contributed by atoms with Gasteiger partial charge in [-0.2, -0.15) is 0 Å². The number of ether oxygens (including phenoxy) is 2. The average molecular weight is 463 g/mol. The van der Waals surface area contributed by atoms with E-state index in [1.807, 2.05) is 0 Å². The van der Waals surface area contributed by atoms with Crippen LogP contribution in [0.2, 0.25) is 0 Å². The highest BCUT2D eigenvalue weighted by Crippen LogP contribution is 2.38. The second-order valence-electron chi connectivity index (χ2n) is 10.7. The van der Waals surface area contributed by atoms with E-state index < -0.39 is 0 Å². The first kappa shape index (κ1) is 25.5. The van der Waals surface area contributed by atoms with E-state index in [1.165, 1.54) is 92.9 Å². The fourth-order valence-corrected chi connectivity index (χ4v) is 5.83. The molecule has 186 valence electrons. The van der Waals surface area contributed by atoms with E-state index in [9.17, 15) is 0 Å². The molecule has 34 heavy (non-hydrogen) atoms. The zero-order valence-corrected chi connectivity index (χ0v) is 21.6. The number of hydrogen-bond donors (Lipinski definition) is 0. The van der Waals surface area contributed by atoms with Crippen LogP contribution in [0.25, 0.3) is 11.1 Å². The van der Waals surface area contributed by atoms with Gasteiger partial charge in [0, 0.05) is 0 Å². The Labute approximate surface area is 208 Å². The lowest BCUT2D eigenvalue weighted by Gasteiger charge is -2.30. The van der Waals surface area contributed by atoms with Crippen molar-refractivity contribution in [2.24, 2.45) is 5.92 Å². The fourth-order valence-electron chi connectivity index (χ4n) is 5.83. The van der Waals surface area contributed by atoms with Crippen LogP contribution in [0.1, 0.15) is 114 Å². The zero-order valence-electron chi connectivity index (χ0n) is 21.6. The maximum Gasteiger partial charge on any atom is 0.106 e. The minimum absolute atomic E-state index is 0.0657. The van der Waals surface area contributed by atoms with E-state index in [0.29, 0.717) is 6.61 Å². The first-order chi connectivity index (χ1) is 16.8. The van der Waals surface area contributed by atoms with Gasteiger partial charge in [0.1, 0.15) is 6.10 Å². The van der Waals surface area contributed by atoms with Crippen molar-refractivity contribution in [1.82, 2.24) is 0 Å². The van der Waals surface area contributed by atoms with Gasteiger partial charge >= 0.3 is 0 Å². The van der Waals surface area contributed by atoms with Gasteiger partial charge in [0.25, 0.3) is 0 Å². The van der Waals surface area contributed by atoms with E-state index in [0.717, 1.165) is 24.9 Å². The number of hydrogen-bond acceptors (Lipinski definition) is 2. The van der Waals surface area contributed by atoms with Crippen molar-refractivity contribution in [3.8, 4) is 11.1 Å². The first-order valence-corrected chi connectivity index (χ1v) is 14.2. The Hall–Kier alpha value is -1.64. The average Bonchev–Trinajstić information content (AvgIpc) is 2.90. The van der Waals surface area contributed by atoms with Crippen molar-refractivity contribution in [3.63, 3.8) is 0 Å². The van der Waals surface area contributed by atoms with Crippen LogP contribution in [-0.2, 0) is 9.47 Å². The topological polar surface area (TPSA) is 18.5 Å². The Kier molecular flexibility index (Phi) is 10.1. The molecule has 0 unspecified atom stereocenters. The highest BCUT2D eigenvalue weighted by molar-refractivity contribution is 5.64. The monoisotopic (exact) mass is 462 g/mol. The van der Waals surface area contributed by atoms with Crippen molar-refractivity contribution >= 4 is 0 Å². The molecule has 2 fully saturated rings. The Morgan fingerprint density at radius 1 is 0.618 bits per heavy atom. The summed E-state index contributed by atoms with van der Waals surface area (Å²) in [6.45, 7) is 5.94. The zero-order chi connectivity index (χ0) is 23.6. The Bertz CT molecular complexity index is 738. The molecule has 0 radical (unpaired) electrons. The maximum absolute atomic E-state index is 6.15. The van der Waals surface area contributed by atoms with Gasteiger partial charge in [-0.15, -0.1) is 0 Å². The molecule has 1 heterocycles. The molecule has 1 aliphatic carbocycles. The van der Waals surface area contributed by atoms with Crippen LogP contribution in [0.5, 0.6) is 0 Å². The maximum atomic E-state index is 6.15. The summed E-state index contributed by atoms with van der Waals surface area (Å²) in [4.78, 5) is 0. The largest absolute Gasteiger partial charge is 0.373 e. The van der Waals surface area contributed by atoms with E-state index >= 15 is 0 Å². The number of rotatable bonds is 11. The van der Waals surface area contributed by atoms with Crippen LogP contribution in [0.15, 0.2) is 48.5 Å². The summed E-state index contributed by atoms with van der Waals surface area (Å²) >= 11 is 0. The van der Waals surface area contributed by atoms with Crippen molar-refractivity contribution in [1.29, 1.82) is 0 Å². The van der Waals surface area contributed by atoms with Gasteiger partial charge in [0.05, 0.1) is 19.3 Å². The molecule has 2 nitrogen and oxygen atoms in total. The molecule has 4 rings (SSSR count). The van der Waals surface area contributed by atoms with Gasteiger partial charge in [-0.3, -0.25) is 0 Å². The predicted octanol–water partition coefficient (Wildman–Crippen LogP) is 9.24. The predicted molar refractivity (Wildman–Crippen MR) is 143 cm³/mol. The van der Waals surface area contributed by atoms with Crippen LogP contribution in [0.3, 0.4) is 0 Å². The SMILES string of the molecule is CCCCCC1CCC(c2ccc(-c3ccc([C@H]4CO[C@H](CCCCC)CO4)cc3)cc2)CC1. The van der Waals surface area contributed by atoms with Gasteiger partial charge in [0.2, 0.25) is 0 Å². The molecule has 2 aromatic carbocycles.